The molecule has 2 N–H and O–H groups in total. The zero-order valence-electron chi connectivity index (χ0n) is 10.5. The molecule has 0 heterocycles. The highest BCUT2D eigenvalue weighted by molar-refractivity contribution is 6.31. The molecule has 106 valence electrons. The lowest BCUT2D eigenvalue weighted by atomic mass is 10.0. The van der Waals surface area contributed by atoms with Crippen molar-refractivity contribution in [3.63, 3.8) is 0 Å². The molecule has 0 saturated heterocycles. The maximum atomic E-state index is 12.5. The van der Waals surface area contributed by atoms with E-state index < -0.39 is 11.7 Å². The Bertz CT molecular complexity index is 591. The van der Waals surface area contributed by atoms with Crippen molar-refractivity contribution >= 4 is 11.6 Å². The van der Waals surface area contributed by atoms with Crippen molar-refractivity contribution in [2.75, 3.05) is 6.54 Å². The first kappa shape index (κ1) is 14.9. The van der Waals surface area contributed by atoms with Crippen molar-refractivity contribution in [1.29, 1.82) is 0 Å². The summed E-state index contributed by atoms with van der Waals surface area (Å²) in [6, 6.07) is 10.5. The molecule has 2 aromatic rings. The smallest absolute Gasteiger partial charge is 0.330 e. The Kier molecular flexibility index (Phi) is 4.35. The van der Waals surface area contributed by atoms with Gasteiger partial charge in [0, 0.05) is 5.02 Å². The molecule has 5 heteroatoms. The van der Waals surface area contributed by atoms with Gasteiger partial charge in [0.25, 0.3) is 0 Å². The fraction of sp³-hybridized carbons (Fsp3) is 0.200. The van der Waals surface area contributed by atoms with Crippen LogP contribution in [0.25, 0.3) is 11.1 Å². The van der Waals surface area contributed by atoms with Gasteiger partial charge in [-0.3, -0.25) is 0 Å². The Hall–Kier alpha value is -1.52. The first-order chi connectivity index (χ1) is 9.40. The molecule has 0 aromatic heterocycles. The number of halogens is 4. The predicted octanol–water partition coefficient (Wildman–Crippen LogP) is 4.53. The second kappa shape index (κ2) is 5.85. The SMILES string of the molecule is NCCc1cc(Cl)cc(-c2ccc(C(F)(F)F)cc2)c1. The number of nitrogens with two attached hydrogens (primary N) is 1. The minimum absolute atomic E-state index is 0.493. The molecule has 0 atom stereocenters. The minimum atomic E-state index is -4.32. The fourth-order valence-electron chi connectivity index (χ4n) is 1.98. The summed E-state index contributed by atoms with van der Waals surface area (Å²) in [5, 5.41) is 0.547. The summed E-state index contributed by atoms with van der Waals surface area (Å²) in [4.78, 5) is 0. The maximum absolute atomic E-state index is 12.5. The Morgan fingerprint density at radius 1 is 0.950 bits per heavy atom. The first-order valence-corrected chi connectivity index (χ1v) is 6.45. The average Bonchev–Trinajstić information content (AvgIpc) is 2.37. The zero-order chi connectivity index (χ0) is 14.8. The van der Waals surface area contributed by atoms with E-state index in [9.17, 15) is 13.2 Å². The van der Waals surface area contributed by atoms with E-state index in [-0.39, 0.29) is 0 Å². The molecular weight excluding hydrogens is 287 g/mol. The second-order valence-electron chi connectivity index (χ2n) is 4.46. The van der Waals surface area contributed by atoms with E-state index in [1.807, 2.05) is 12.1 Å². The van der Waals surface area contributed by atoms with Gasteiger partial charge in [-0.15, -0.1) is 0 Å². The van der Waals surface area contributed by atoms with Gasteiger partial charge in [-0.25, -0.2) is 0 Å². The van der Waals surface area contributed by atoms with E-state index >= 15 is 0 Å². The Balaban J connectivity index is 2.36. The van der Waals surface area contributed by atoms with Gasteiger partial charge in [0.05, 0.1) is 5.56 Å². The first-order valence-electron chi connectivity index (χ1n) is 6.07. The van der Waals surface area contributed by atoms with E-state index in [1.165, 1.54) is 12.1 Å². The van der Waals surface area contributed by atoms with Crippen LogP contribution in [0.5, 0.6) is 0 Å². The number of hydrogen-bond donors (Lipinski definition) is 1. The standard InChI is InChI=1S/C15H13ClF3N/c16-14-8-10(5-6-20)7-12(9-14)11-1-3-13(4-2-11)15(17,18)19/h1-4,7-9H,5-6,20H2. The molecule has 1 nitrogen and oxygen atoms in total. The Morgan fingerprint density at radius 2 is 1.60 bits per heavy atom. The largest absolute Gasteiger partial charge is 0.416 e. The Morgan fingerprint density at radius 3 is 2.15 bits per heavy atom. The van der Waals surface area contributed by atoms with Gasteiger partial charge in [-0.05, 0) is 53.9 Å². The van der Waals surface area contributed by atoms with Gasteiger partial charge < -0.3 is 5.73 Å². The van der Waals surface area contributed by atoms with Crippen LogP contribution in [0, 0.1) is 0 Å². The van der Waals surface area contributed by atoms with Crippen LogP contribution in [0.1, 0.15) is 11.1 Å². The molecule has 0 spiro atoms. The summed E-state index contributed by atoms with van der Waals surface area (Å²) in [6.45, 7) is 0.493. The third-order valence-electron chi connectivity index (χ3n) is 2.94. The molecule has 0 fully saturated rings. The van der Waals surface area contributed by atoms with E-state index in [0.29, 0.717) is 23.6 Å². The van der Waals surface area contributed by atoms with Gasteiger partial charge in [0.2, 0.25) is 0 Å². The molecule has 0 aliphatic heterocycles. The topological polar surface area (TPSA) is 26.0 Å². The summed E-state index contributed by atoms with van der Waals surface area (Å²) < 4.78 is 37.5. The van der Waals surface area contributed by atoms with Gasteiger partial charge >= 0.3 is 6.18 Å². The molecule has 2 rings (SSSR count). The molecule has 0 bridgehead atoms. The summed E-state index contributed by atoms with van der Waals surface area (Å²) in [7, 11) is 0. The monoisotopic (exact) mass is 299 g/mol. The van der Waals surface area contributed by atoms with Crippen LogP contribution >= 0.6 is 11.6 Å². The van der Waals surface area contributed by atoms with Crippen molar-refractivity contribution in [2.24, 2.45) is 5.73 Å². The highest BCUT2D eigenvalue weighted by Gasteiger charge is 2.29. The maximum Gasteiger partial charge on any atom is 0.416 e. The van der Waals surface area contributed by atoms with Gasteiger partial charge in [0.1, 0.15) is 0 Å². The molecule has 0 aliphatic carbocycles. The summed E-state index contributed by atoms with van der Waals surface area (Å²) in [6.07, 6.45) is -3.65. The second-order valence-corrected chi connectivity index (χ2v) is 4.90. The molecule has 0 saturated carbocycles. The number of hydrogen-bond acceptors (Lipinski definition) is 1. The van der Waals surface area contributed by atoms with Gasteiger partial charge in [0.15, 0.2) is 0 Å². The third kappa shape index (κ3) is 3.52. The van der Waals surface area contributed by atoms with E-state index in [0.717, 1.165) is 23.3 Å². The van der Waals surface area contributed by atoms with E-state index in [1.54, 1.807) is 6.07 Å². The molecule has 0 aliphatic rings. The lowest BCUT2D eigenvalue weighted by Crippen LogP contribution is -2.04. The van der Waals surface area contributed by atoms with Crippen molar-refractivity contribution in [3.05, 3.63) is 58.6 Å². The normalized spacial score (nSPS) is 11.7. The lowest BCUT2D eigenvalue weighted by Gasteiger charge is -2.09. The van der Waals surface area contributed by atoms with E-state index in [4.69, 9.17) is 17.3 Å². The van der Waals surface area contributed by atoms with Gasteiger partial charge in [-0.2, -0.15) is 13.2 Å². The molecule has 20 heavy (non-hydrogen) atoms. The van der Waals surface area contributed by atoms with Crippen molar-refractivity contribution in [3.8, 4) is 11.1 Å². The number of rotatable bonds is 3. The molecule has 0 radical (unpaired) electrons. The van der Waals surface area contributed by atoms with E-state index in [2.05, 4.69) is 0 Å². The number of benzene rings is 2. The number of alkyl halides is 3. The zero-order valence-corrected chi connectivity index (χ0v) is 11.3. The van der Waals surface area contributed by atoms with Crippen LogP contribution in [0.3, 0.4) is 0 Å². The van der Waals surface area contributed by atoms with Crippen molar-refractivity contribution in [1.82, 2.24) is 0 Å². The van der Waals surface area contributed by atoms with Crippen LogP contribution in [0.2, 0.25) is 5.02 Å². The highest BCUT2D eigenvalue weighted by Crippen LogP contribution is 2.31. The van der Waals surface area contributed by atoms with Crippen molar-refractivity contribution < 1.29 is 13.2 Å². The molecule has 0 unspecified atom stereocenters. The summed E-state index contributed by atoms with van der Waals surface area (Å²) in [5.41, 5.74) is 7.28. The third-order valence-corrected chi connectivity index (χ3v) is 3.15. The quantitative estimate of drug-likeness (QED) is 0.885. The molecule has 0 amide bonds. The average molecular weight is 300 g/mol. The van der Waals surface area contributed by atoms with Crippen LogP contribution in [-0.2, 0) is 12.6 Å². The van der Waals surface area contributed by atoms with Crippen molar-refractivity contribution in [2.45, 2.75) is 12.6 Å². The highest BCUT2D eigenvalue weighted by atomic mass is 35.5. The molecular formula is C15H13ClF3N. The van der Waals surface area contributed by atoms with Crippen LogP contribution in [0.4, 0.5) is 13.2 Å². The van der Waals surface area contributed by atoms with Crippen LogP contribution < -0.4 is 5.73 Å². The molecule has 2 aromatic carbocycles. The van der Waals surface area contributed by atoms with Crippen LogP contribution in [-0.4, -0.2) is 6.54 Å². The lowest BCUT2D eigenvalue weighted by molar-refractivity contribution is -0.137. The summed E-state index contributed by atoms with van der Waals surface area (Å²) >= 11 is 6.02. The fourth-order valence-corrected chi connectivity index (χ4v) is 2.24. The predicted molar refractivity (Wildman–Crippen MR) is 74.6 cm³/mol. The minimum Gasteiger partial charge on any atom is -0.330 e. The van der Waals surface area contributed by atoms with Gasteiger partial charge in [-0.1, -0.05) is 29.8 Å². The Labute approximate surface area is 120 Å². The van der Waals surface area contributed by atoms with Crippen LogP contribution in [0.15, 0.2) is 42.5 Å². The summed E-state index contributed by atoms with van der Waals surface area (Å²) in [5.74, 6) is 0.